The van der Waals surface area contributed by atoms with Gasteiger partial charge in [0.15, 0.2) is 0 Å². The van der Waals surface area contributed by atoms with Gasteiger partial charge >= 0.3 is 0 Å². The summed E-state index contributed by atoms with van der Waals surface area (Å²) in [6, 6.07) is 6.11. The fourth-order valence-electron chi connectivity index (χ4n) is 1.66. The third-order valence-electron chi connectivity index (χ3n) is 2.77. The zero-order chi connectivity index (χ0) is 15.6. The standard InChI is InChI=1S/C14H11BrF2N2O2/c15-9-4-12(18)13(5-11(9)17)21-6-8-3-7(14(19)20)1-2-10(8)16/h1-5H,6,18H2,(H2,19,20). The first-order chi connectivity index (χ1) is 9.88. The Kier molecular flexibility index (Phi) is 4.42. The molecule has 0 aliphatic rings. The smallest absolute Gasteiger partial charge is 0.248 e. The van der Waals surface area contributed by atoms with E-state index in [2.05, 4.69) is 15.9 Å². The zero-order valence-electron chi connectivity index (χ0n) is 10.7. The van der Waals surface area contributed by atoms with Crippen LogP contribution >= 0.6 is 15.9 Å². The number of halogens is 3. The van der Waals surface area contributed by atoms with E-state index in [0.717, 1.165) is 12.1 Å². The van der Waals surface area contributed by atoms with Crippen LogP contribution in [0.5, 0.6) is 5.75 Å². The van der Waals surface area contributed by atoms with Gasteiger partial charge in [0.1, 0.15) is 24.0 Å². The third-order valence-corrected chi connectivity index (χ3v) is 3.37. The predicted molar refractivity (Wildman–Crippen MR) is 77.8 cm³/mol. The van der Waals surface area contributed by atoms with Gasteiger partial charge in [-0.25, -0.2) is 8.78 Å². The highest BCUT2D eigenvalue weighted by Crippen LogP contribution is 2.29. The van der Waals surface area contributed by atoms with Gasteiger partial charge in [-0.3, -0.25) is 4.79 Å². The lowest BCUT2D eigenvalue weighted by molar-refractivity contribution is 0.1000. The monoisotopic (exact) mass is 356 g/mol. The lowest BCUT2D eigenvalue weighted by Gasteiger charge is -2.11. The second kappa shape index (κ2) is 6.09. The van der Waals surface area contributed by atoms with Crippen LogP contribution in [-0.2, 0) is 6.61 Å². The summed E-state index contributed by atoms with van der Waals surface area (Å²) in [7, 11) is 0. The lowest BCUT2D eigenvalue weighted by atomic mass is 10.1. The molecule has 1 amide bonds. The molecule has 2 aromatic carbocycles. The number of nitrogens with two attached hydrogens (primary N) is 2. The van der Waals surface area contributed by atoms with Crippen molar-refractivity contribution in [2.24, 2.45) is 5.73 Å². The molecular formula is C14H11BrF2N2O2. The van der Waals surface area contributed by atoms with Gasteiger partial charge < -0.3 is 16.2 Å². The van der Waals surface area contributed by atoms with E-state index < -0.39 is 17.5 Å². The molecule has 4 nitrogen and oxygen atoms in total. The molecule has 0 heterocycles. The van der Waals surface area contributed by atoms with Gasteiger partial charge in [-0.05, 0) is 40.2 Å². The highest BCUT2D eigenvalue weighted by Gasteiger charge is 2.11. The normalized spacial score (nSPS) is 10.4. The number of carbonyl (C=O) groups is 1. The van der Waals surface area contributed by atoms with E-state index in [0.29, 0.717) is 0 Å². The molecule has 7 heteroatoms. The average Bonchev–Trinajstić information content (AvgIpc) is 2.42. The van der Waals surface area contributed by atoms with Crippen molar-refractivity contribution in [2.75, 3.05) is 5.73 Å². The summed E-state index contributed by atoms with van der Waals surface area (Å²) in [4.78, 5) is 11.1. The number of carbonyl (C=O) groups excluding carboxylic acids is 1. The molecule has 0 saturated heterocycles. The summed E-state index contributed by atoms with van der Waals surface area (Å²) in [6.07, 6.45) is 0. The maximum absolute atomic E-state index is 13.6. The van der Waals surface area contributed by atoms with Crippen LogP contribution in [0.2, 0.25) is 0 Å². The number of nitrogen functional groups attached to an aromatic ring is 1. The molecule has 0 unspecified atom stereocenters. The molecule has 2 aromatic rings. The highest BCUT2D eigenvalue weighted by atomic mass is 79.9. The van der Waals surface area contributed by atoms with Crippen LogP contribution in [0.25, 0.3) is 0 Å². The van der Waals surface area contributed by atoms with E-state index in [1.807, 2.05) is 0 Å². The summed E-state index contributed by atoms with van der Waals surface area (Å²) < 4.78 is 32.6. The molecule has 2 rings (SSSR count). The van der Waals surface area contributed by atoms with Crippen molar-refractivity contribution in [3.8, 4) is 5.75 Å². The average molecular weight is 357 g/mol. The Bertz CT molecular complexity index is 708. The molecule has 110 valence electrons. The molecule has 0 aliphatic heterocycles. The molecule has 0 spiro atoms. The molecule has 0 bridgehead atoms. The van der Waals surface area contributed by atoms with Gasteiger partial charge in [0.05, 0.1) is 10.2 Å². The molecule has 0 saturated carbocycles. The van der Waals surface area contributed by atoms with Gasteiger partial charge in [-0.15, -0.1) is 0 Å². The van der Waals surface area contributed by atoms with Crippen LogP contribution in [0.15, 0.2) is 34.8 Å². The van der Waals surface area contributed by atoms with Crippen LogP contribution in [-0.4, -0.2) is 5.91 Å². The minimum atomic E-state index is -0.676. The number of hydrogen-bond acceptors (Lipinski definition) is 3. The van der Waals surface area contributed by atoms with Crippen molar-refractivity contribution >= 4 is 27.5 Å². The van der Waals surface area contributed by atoms with E-state index in [4.69, 9.17) is 16.2 Å². The lowest BCUT2D eigenvalue weighted by Crippen LogP contribution is -2.12. The van der Waals surface area contributed by atoms with Crippen molar-refractivity contribution in [1.82, 2.24) is 0 Å². The first-order valence-corrected chi connectivity index (χ1v) is 6.63. The molecule has 0 fully saturated rings. The number of ether oxygens (including phenoxy) is 1. The maximum atomic E-state index is 13.6. The minimum Gasteiger partial charge on any atom is -0.487 e. The maximum Gasteiger partial charge on any atom is 0.248 e. The minimum absolute atomic E-state index is 0.0829. The van der Waals surface area contributed by atoms with E-state index in [-0.39, 0.29) is 33.6 Å². The fourth-order valence-corrected chi connectivity index (χ4v) is 2.02. The van der Waals surface area contributed by atoms with Gasteiger partial charge in [0.2, 0.25) is 5.91 Å². The van der Waals surface area contributed by atoms with Crippen LogP contribution < -0.4 is 16.2 Å². The summed E-state index contributed by atoms with van der Waals surface area (Å²) in [5.74, 6) is -1.70. The number of rotatable bonds is 4. The Morgan fingerprint density at radius 1 is 1.19 bits per heavy atom. The van der Waals surface area contributed by atoms with E-state index in [9.17, 15) is 13.6 Å². The predicted octanol–water partition coefficient (Wildman–Crippen LogP) is 2.99. The number of anilines is 1. The zero-order valence-corrected chi connectivity index (χ0v) is 12.3. The van der Waals surface area contributed by atoms with Crippen molar-refractivity contribution < 1.29 is 18.3 Å². The number of hydrogen-bond donors (Lipinski definition) is 2. The van der Waals surface area contributed by atoms with Crippen molar-refractivity contribution in [3.05, 3.63) is 57.6 Å². The van der Waals surface area contributed by atoms with E-state index in [1.54, 1.807) is 0 Å². The van der Waals surface area contributed by atoms with Gasteiger partial charge in [-0.2, -0.15) is 0 Å². The Hall–Kier alpha value is -2.15. The Balaban J connectivity index is 2.22. The van der Waals surface area contributed by atoms with Gasteiger partial charge in [0.25, 0.3) is 0 Å². The first kappa shape index (κ1) is 15.2. The van der Waals surface area contributed by atoms with Gasteiger partial charge in [0, 0.05) is 17.2 Å². The Labute approximate surface area is 127 Å². The highest BCUT2D eigenvalue weighted by molar-refractivity contribution is 9.10. The van der Waals surface area contributed by atoms with Crippen LogP contribution in [0.4, 0.5) is 14.5 Å². The summed E-state index contributed by atoms with van der Waals surface area (Å²) in [5, 5.41) is 0. The van der Waals surface area contributed by atoms with Crippen LogP contribution in [0.3, 0.4) is 0 Å². The quantitative estimate of drug-likeness (QED) is 0.826. The van der Waals surface area contributed by atoms with Crippen LogP contribution in [0, 0.1) is 11.6 Å². The number of benzene rings is 2. The molecule has 0 atom stereocenters. The van der Waals surface area contributed by atoms with Crippen molar-refractivity contribution in [1.29, 1.82) is 0 Å². The molecule has 4 N–H and O–H groups in total. The molecule has 0 aliphatic carbocycles. The Morgan fingerprint density at radius 2 is 1.90 bits per heavy atom. The topological polar surface area (TPSA) is 78.3 Å². The summed E-state index contributed by atoms with van der Waals surface area (Å²) >= 11 is 2.99. The second-order valence-electron chi connectivity index (χ2n) is 4.26. The molecule has 0 aromatic heterocycles. The SMILES string of the molecule is NC(=O)c1ccc(F)c(COc2cc(F)c(Br)cc2N)c1. The molecular weight excluding hydrogens is 346 g/mol. The summed E-state index contributed by atoms with van der Waals surface area (Å²) in [6.45, 7) is -0.210. The molecule has 0 radical (unpaired) electrons. The second-order valence-corrected chi connectivity index (χ2v) is 5.12. The van der Waals surface area contributed by atoms with Gasteiger partial charge in [-0.1, -0.05) is 0 Å². The fraction of sp³-hybridized carbons (Fsp3) is 0.0714. The van der Waals surface area contributed by atoms with E-state index >= 15 is 0 Å². The Morgan fingerprint density at radius 3 is 2.57 bits per heavy atom. The largest absolute Gasteiger partial charge is 0.487 e. The van der Waals surface area contributed by atoms with E-state index in [1.165, 1.54) is 18.2 Å². The number of amides is 1. The number of primary amides is 1. The third kappa shape index (κ3) is 3.49. The van der Waals surface area contributed by atoms with Crippen molar-refractivity contribution in [2.45, 2.75) is 6.61 Å². The summed E-state index contributed by atoms with van der Waals surface area (Å²) in [5.41, 5.74) is 11.3. The van der Waals surface area contributed by atoms with Crippen LogP contribution in [0.1, 0.15) is 15.9 Å². The molecule has 21 heavy (non-hydrogen) atoms. The van der Waals surface area contributed by atoms with Crippen molar-refractivity contribution in [3.63, 3.8) is 0 Å². The first-order valence-electron chi connectivity index (χ1n) is 5.84.